The smallest absolute Gasteiger partial charge is 0.238 e. The molecule has 1 unspecified atom stereocenters. The molecule has 1 saturated heterocycles. The van der Waals surface area contributed by atoms with Crippen LogP contribution in [-0.4, -0.2) is 31.5 Å². The van der Waals surface area contributed by atoms with Gasteiger partial charge in [-0.25, -0.2) is 12.8 Å². The maximum Gasteiger partial charge on any atom is 0.238 e. The maximum absolute atomic E-state index is 13.1. The van der Waals surface area contributed by atoms with Gasteiger partial charge in [0.15, 0.2) is 9.84 Å². The van der Waals surface area contributed by atoms with Crippen molar-refractivity contribution < 1.29 is 17.6 Å². The van der Waals surface area contributed by atoms with Crippen molar-refractivity contribution in [2.75, 3.05) is 12.3 Å². The van der Waals surface area contributed by atoms with E-state index in [1.165, 1.54) is 12.1 Å². The molecule has 0 aromatic heterocycles. The van der Waals surface area contributed by atoms with E-state index in [2.05, 4.69) is 15.9 Å². The summed E-state index contributed by atoms with van der Waals surface area (Å²) in [5.74, 6) is -1.42. The molecule has 1 atom stereocenters. The summed E-state index contributed by atoms with van der Waals surface area (Å²) in [7, 11) is -3.57. The SMILES string of the molecule is O=C(CS(=O)(=O)Cc1cccc(Br)c1)N1CCCC1c1ccc(F)cc1. The number of nitrogens with zero attached hydrogens (tertiary/aromatic N) is 1. The van der Waals surface area contributed by atoms with E-state index in [1.807, 2.05) is 6.07 Å². The van der Waals surface area contributed by atoms with E-state index in [-0.39, 0.29) is 17.6 Å². The first-order chi connectivity index (χ1) is 12.3. The summed E-state index contributed by atoms with van der Waals surface area (Å²) in [5, 5.41) is 0. The van der Waals surface area contributed by atoms with Crippen LogP contribution in [0.2, 0.25) is 0 Å². The van der Waals surface area contributed by atoms with E-state index in [0.29, 0.717) is 12.1 Å². The average Bonchev–Trinajstić information content (AvgIpc) is 3.04. The molecule has 3 rings (SSSR count). The molecule has 0 N–H and O–H groups in total. The van der Waals surface area contributed by atoms with Crippen LogP contribution in [0.1, 0.15) is 30.0 Å². The summed E-state index contributed by atoms with van der Waals surface area (Å²) in [6, 6.07) is 12.9. The number of amides is 1. The molecule has 138 valence electrons. The molecule has 1 fully saturated rings. The fourth-order valence-electron chi connectivity index (χ4n) is 3.30. The van der Waals surface area contributed by atoms with Gasteiger partial charge in [-0.3, -0.25) is 4.79 Å². The third-order valence-corrected chi connectivity index (χ3v) is 6.40. The van der Waals surface area contributed by atoms with E-state index in [0.717, 1.165) is 22.9 Å². The summed E-state index contributed by atoms with van der Waals surface area (Å²) >= 11 is 3.32. The molecule has 1 aliphatic rings. The first kappa shape index (κ1) is 19.0. The Balaban J connectivity index is 1.70. The van der Waals surface area contributed by atoms with Crippen LogP contribution in [-0.2, 0) is 20.4 Å². The van der Waals surface area contributed by atoms with Crippen LogP contribution < -0.4 is 0 Å². The highest BCUT2D eigenvalue weighted by atomic mass is 79.9. The van der Waals surface area contributed by atoms with Gasteiger partial charge in [-0.1, -0.05) is 40.2 Å². The fraction of sp³-hybridized carbons (Fsp3) is 0.316. The highest BCUT2D eigenvalue weighted by molar-refractivity contribution is 9.10. The first-order valence-electron chi connectivity index (χ1n) is 8.34. The molecule has 0 saturated carbocycles. The quantitative estimate of drug-likeness (QED) is 0.710. The van der Waals surface area contributed by atoms with Crippen LogP contribution >= 0.6 is 15.9 Å². The van der Waals surface area contributed by atoms with Gasteiger partial charge in [0.05, 0.1) is 11.8 Å². The summed E-state index contributed by atoms with van der Waals surface area (Å²) in [5.41, 5.74) is 1.48. The Labute approximate surface area is 161 Å². The predicted octanol–water partition coefficient (Wildman–Crippen LogP) is 3.87. The second-order valence-corrected chi connectivity index (χ2v) is 9.44. The lowest BCUT2D eigenvalue weighted by molar-refractivity contribution is -0.129. The Bertz CT molecular complexity index is 899. The van der Waals surface area contributed by atoms with Gasteiger partial charge in [0.25, 0.3) is 0 Å². The molecule has 2 aromatic carbocycles. The van der Waals surface area contributed by atoms with Crippen molar-refractivity contribution in [1.29, 1.82) is 0 Å². The van der Waals surface area contributed by atoms with Crippen LogP contribution in [0.5, 0.6) is 0 Å². The second kappa shape index (κ2) is 7.88. The number of sulfone groups is 1. The Morgan fingerprint density at radius 2 is 1.92 bits per heavy atom. The van der Waals surface area contributed by atoms with E-state index in [1.54, 1.807) is 35.2 Å². The number of carbonyl (C=O) groups excluding carboxylic acids is 1. The summed E-state index contributed by atoms with van der Waals surface area (Å²) in [6.07, 6.45) is 1.56. The zero-order chi connectivity index (χ0) is 18.7. The molecular weight excluding hydrogens is 421 g/mol. The largest absolute Gasteiger partial charge is 0.335 e. The molecule has 0 spiro atoms. The fourth-order valence-corrected chi connectivity index (χ4v) is 5.08. The van der Waals surface area contributed by atoms with Crippen molar-refractivity contribution in [3.8, 4) is 0 Å². The topological polar surface area (TPSA) is 54.5 Å². The number of rotatable bonds is 5. The lowest BCUT2D eigenvalue weighted by Gasteiger charge is -2.25. The summed E-state index contributed by atoms with van der Waals surface area (Å²) in [4.78, 5) is 14.2. The molecule has 26 heavy (non-hydrogen) atoms. The predicted molar refractivity (Wildman–Crippen MR) is 102 cm³/mol. The third-order valence-electron chi connectivity index (χ3n) is 4.45. The van der Waals surface area contributed by atoms with Gasteiger partial charge in [-0.05, 0) is 48.2 Å². The number of benzene rings is 2. The van der Waals surface area contributed by atoms with Gasteiger partial charge < -0.3 is 4.90 Å². The van der Waals surface area contributed by atoms with Crippen LogP contribution in [0, 0.1) is 5.82 Å². The zero-order valence-electron chi connectivity index (χ0n) is 14.1. The normalized spacial score (nSPS) is 17.5. The van der Waals surface area contributed by atoms with Gasteiger partial charge in [0.2, 0.25) is 5.91 Å². The molecule has 4 nitrogen and oxygen atoms in total. The highest BCUT2D eigenvalue weighted by Crippen LogP contribution is 2.32. The van der Waals surface area contributed by atoms with E-state index in [4.69, 9.17) is 0 Å². The molecule has 0 bridgehead atoms. The van der Waals surface area contributed by atoms with Crippen molar-refractivity contribution in [2.24, 2.45) is 0 Å². The van der Waals surface area contributed by atoms with Gasteiger partial charge >= 0.3 is 0 Å². The van der Waals surface area contributed by atoms with Crippen molar-refractivity contribution >= 4 is 31.7 Å². The number of hydrogen-bond donors (Lipinski definition) is 0. The van der Waals surface area contributed by atoms with Crippen LogP contribution in [0.3, 0.4) is 0 Å². The standard InChI is InChI=1S/C19H19BrFNO3S/c20-16-4-1-3-14(11-16)12-26(24,25)13-19(23)22-10-2-5-18(22)15-6-8-17(21)9-7-15/h1,3-4,6-9,11,18H,2,5,10,12-13H2. The lowest BCUT2D eigenvalue weighted by atomic mass is 10.0. The van der Waals surface area contributed by atoms with E-state index in [9.17, 15) is 17.6 Å². The average molecular weight is 440 g/mol. The molecule has 1 heterocycles. The third kappa shape index (κ3) is 4.71. The molecule has 1 amide bonds. The van der Waals surface area contributed by atoms with Crippen molar-refractivity contribution in [1.82, 2.24) is 4.90 Å². The molecule has 7 heteroatoms. The monoisotopic (exact) mass is 439 g/mol. The Morgan fingerprint density at radius 1 is 1.19 bits per heavy atom. The molecule has 2 aromatic rings. The van der Waals surface area contributed by atoms with Crippen LogP contribution in [0.15, 0.2) is 53.0 Å². The maximum atomic E-state index is 13.1. The van der Waals surface area contributed by atoms with E-state index < -0.39 is 21.5 Å². The molecule has 0 radical (unpaired) electrons. The van der Waals surface area contributed by atoms with Gasteiger partial charge in [0, 0.05) is 11.0 Å². The number of likely N-dealkylation sites (tertiary alicyclic amines) is 1. The van der Waals surface area contributed by atoms with Gasteiger partial charge in [-0.15, -0.1) is 0 Å². The molecule has 1 aliphatic heterocycles. The minimum absolute atomic E-state index is 0.173. The number of hydrogen-bond acceptors (Lipinski definition) is 3. The first-order valence-corrected chi connectivity index (χ1v) is 11.0. The molecular formula is C19H19BrFNO3S. The summed E-state index contributed by atoms with van der Waals surface area (Å²) < 4.78 is 38.8. The Kier molecular flexibility index (Phi) is 5.77. The minimum Gasteiger partial charge on any atom is -0.335 e. The highest BCUT2D eigenvalue weighted by Gasteiger charge is 2.32. The van der Waals surface area contributed by atoms with Crippen molar-refractivity contribution in [2.45, 2.75) is 24.6 Å². The lowest BCUT2D eigenvalue weighted by Crippen LogP contribution is -2.35. The summed E-state index contributed by atoms with van der Waals surface area (Å²) in [6.45, 7) is 0.521. The second-order valence-electron chi connectivity index (χ2n) is 6.46. The van der Waals surface area contributed by atoms with Crippen LogP contribution in [0.4, 0.5) is 4.39 Å². The van der Waals surface area contributed by atoms with E-state index >= 15 is 0 Å². The zero-order valence-corrected chi connectivity index (χ0v) is 16.5. The van der Waals surface area contributed by atoms with Crippen molar-refractivity contribution in [3.05, 3.63) is 69.9 Å². The van der Waals surface area contributed by atoms with Crippen LogP contribution in [0.25, 0.3) is 0 Å². The number of halogens is 2. The van der Waals surface area contributed by atoms with Gasteiger partial charge in [-0.2, -0.15) is 0 Å². The van der Waals surface area contributed by atoms with Crippen molar-refractivity contribution in [3.63, 3.8) is 0 Å². The Morgan fingerprint density at radius 3 is 2.62 bits per heavy atom. The Hall–Kier alpha value is -1.73. The minimum atomic E-state index is -3.57. The van der Waals surface area contributed by atoms with Gasteiger partial charge in [0.1, 0.15) is 11.6 Å². The molecule has 0 aliphatic carbocycles. The number of carbonyl (C=O) groups is 1.